The molecular weight excluding hydrogens is 350 g/mol. The van der Waals surface area contributed by atoms with Crippen molar-refractivity contribution >= 4 is 11.8 Å². The van der Waals surface area contributed by atoms with Gasteiger partial charge in [0, 0.05) is 39.1 Å². The topological polar surface area (TPSA) is 66.6 Å². The van der Waals surface area contributed by atoms with Crippen LogP contribution in [0.3, 0.4) is 0 Å². The Labute approximate surface area is 167 Å². The lowest BCUT2D eigenvalue weighted by atomic mass is 9.88. The van der Waals surface area contributed by atoms with Crippen molar-refractivity contribution in [1.29, 1.82) is 0 Å². The predicted molar refractivity (Wildman–Crippen MR) is 111 cm³/mol. The van der Waals surface area contributed by atoms with Crippen LogP contribution in [0.2, 0.25) is 0 Å². The molecule has 3 rings (SSSR count). The molecule has 28 heavy (non-hydrogen) atoms. The lowest BCUT2D eigenvalue weighted by Crippen LogP contribution is -2.49. The third-order valence-corrected chi connectivity index (χ3v) is 5.48. The van der Waals surface area contributed by atoms with Crippen LogP contribution in [0.5, 0.6) is 0 Å². The van der Waals surface area contributed by atoms with Gasteiger partial charge in [-0.05, 0) is 16.7 Å². The van der Waals surface area contributed by atoms with E-state index in [4.69, 9.17) is 5.73 Å². The molecule has 0 radical (unpaired) electrons. The van der Waals surface area contributed by atoms with Crippen molar-refractivity contribution in [1.82, 2.24) is 9.80 Å². The highest BCUT2D eigenvalue weighted by molar-refractivity contribution is 5.87. The SMILES string of the molecule is CC(C)(CC(=O)N1CCN(Cc2ccccc2-c2ccccc2)CC1)C(N)=O. The summed E-state index contributed by atoms with van der Waals surface area (Å²) in [5.41, 5.74) is 8.37. The first-order valence-corrected chi connectivity index (χ1v) is 9.80. The number of benzene rings is 2. The number of nitrogens with two attached hydrogens (primary N) is 1. The molecule has 0 saturated carbocycles. The van der Waals surface area contributed by atoms with Crippen molar-refractivity contribution in [3.05, 3.63) is 60.2 Å². The second-order valence-electron chi connectivity index (χ2n) is 8.11. The molecule has 1 aliphatic rings. The lowest BCUT2D eigenvalue weighted by Gasteiger charge is -2.36. The van der Waals surface area contributed by atoms with Gasteiger partial charge in [0.2, 0.25) is 11.8 Å². The molecule has 2 aromatic rings. The fourth-order valence-corrected chi connectivity index (χ4v) is 3.53. The summed E-state index contributed by atoms with van der Waals surface area (Å²) in [6.45, 7) is 7.33. The van der Waals surface area contributed by atoms with Gasteiger partial charge in [0.05, 0.1) is 5.41 Å². The lowest BCUT2D eigenvalue weighted by molar-refractivity contribution is -0.139. The number of primary amides is 1. The van der Waals surface area contributed by atoms with Crippen molar-refractivity contribution < 1.29 is 9.59 Å². The normalized spacial score (nSPS) is 15.4. The Morgan fingerprint density at radius 3 is 2.18 bits per heavy atom. The van der Waals surface area contributed by atoms with Gasteiger partial charge in [-0.3, -0.25) is 14.5 Å². The highest BCUT2D eigenvalue weighted by atomic mass is 16.2. The minimum absolute atomic E-state index is 0.00753. The molecule has 2 amide bonds. The van der Waals surface area contributed by atoms with Crippen LogP contribution in [-0.2, 0) is 16.1 Å². The van der Waals surface area contributed by atoms with Crippen molar-refractivity contribution in [3.8, 4) is 11.1 Å². The zero-order chi connectivity index (χ0) is 20.1. The molecule has 148 valence electrons. The van der Waals surface area contributed by atoms with Crippen molar-refractivity contribution in [2.45, 2.75) is 26.8 Å². The van der Waals surface area contributed by atoms with Gasteiger partial charge in [-0.25, -0.2) is 0 Å². The van der Waals surface area contributed by atoms with Crippen molar-refractivity contribution in [3.63, 3.8) is 0 Å². The highest BCUT2D eigenvalue weighted by Gasteiger charge is 2.31. The number of carbonyl (C=O) groups excluding carboxylic acids is 2. The maximum absolute atomic E-state index is 12.5. The summed E-state index contributed by atoms with van der Waals surface area (Å²) in [6.07, 6.45) is 0.166. The second-order valence-corrected chi connectivity index (χ2v) is 8.11. The number of hydrogen-bond donors (Lipinski definition) is 1. The van der Waals surface area contributed by atoms with Crippen LogP contribution in [0.1, 0.15) is 25.8 Å². The minimum Gasteiger partial charge on any atom is -0.369 e. The van der Waals surface area contributed by atoms with Crippen LogP contribution in [0.15, 0.2) is 54.6 Å². The van der Waals surface area contributed by atoms with Crippen molar-refractivity contribution in [2.75, 3.05) is 26.2 Å². The number of carbonyl (C=O) groups is 2. The molecule has 0 bridgehead atoms. The van der Waals surface area contributed by atoms with E-state index in [1.54, 1.807) is 13.8 Å². The molecule has 1 fully saturated rings. The molecule has 0 spiro atoms. The van der Waals surface area contributed by atoms with Crippen LogP contribution < -0.4 is 5.73 Å². The molecule has 0 atom stereocenters. The molecule has 2 N–H and O–H groups in total. The van der Waals surface area contributed by atoms with Gasteiger partial charge >= 0.3 is 0 Å². The second kappa shape index (κ2) is 8.57. The van der Waals surface area contributed by atoms with E-state index in [2.05, 4.69) is 53.4 Å². The summed E-state index contributed by atoms with van der Waals surface area (Å²) in [7, 11) is 0. The van der Waals surface area contributed by atoms with E-state index in [0.717, 1.165) is 19.6 Å². The third-order valence-electron chi connectivity index (χ3n) is 5.48. The maximum atomic E-state index is 12.5. The summed E-state index contributed by atoms with van der Waals surface area (Å²) in [5, 5.41) is 0. The first-order valence-electron chi connectivity index (χ1n) is 9.80. The van der Waals surface area contributed by atoms with Gasteiger partial charge in [-0.15, -0.1) is 0 Å². The van der Waals surface area contributed by atoms with Crippen LogP contribution in [0.4, 0.5) is 0 Å². The van der Waals surface area contributed by atoms with Gasteiger partial charge < -0.3 is 10.6 Å². The maximum Gasteiger partial charge on any atom is 0.223 e. The largest absolute Gasteiger partial charge is 0.369 e. The fourth-order valence-electron chi connectivity index (χ4n) is 3.53. The number of amides is 2. The average Bonchev–Trinajstić information content (AvgIpc) is 2.69. The third kappa shape index (κ3) is 4.78. The smallest absolute Gasteiger partial charge is 0.223 e. The van der Waals surface area contributed by atoms with Gasteiger partial charge in [-0.2, -0.15) is 0 Å². The van der Waals surface area contributed by atoms with Crippen LogP contribution in [-0.4, -0.2) is 47.8 Å². The van der Waals surface area contributed by atoms with E-state index in [9.17, 15) is 9.59 Å². The van der Waals surface area contributed by atoms with E-state index < -0.39 is 11.3 Å². The Hall–Kier alpha value is -2.66. The molecule has 1 saturated heterocycles. The molecule has 5 nitrogen and oxygen atoms in total. The van der Waals surface area contributed by atoms with Gasteiger partial charge in [0.1, 0.15) is 0 Å². The summed E-state index contributed by atoms with van der Waals surface area (Å²) in [5.74, 6) is -0.426. The predicted octanol–water partition coefficient (Wildman–Crippen LogP) is 2.90. The Balaban J connectivity index is 1.60. The number of nitrogens with zero attached hydrogens (tertiary/aromatic N) is 2. The zero-order valence-corrected chi connectivity index (χ0v) is 16.7. The first-order chi connectivity index (χ1) is 13.4. The van der Waals surface area contributed by atoms with Crippen LogP contribution in [0.25, 0.3) is 11.1 Å². The Morgan fingerprint density at radius 1 is 0.929 bits per heavy atom. The number of piperazine rings is 1. The molecule has 5 heteroatoms. The van der Waals surface area contributed by atoms with Gasteiger partial charge in [0.25, 0.3) is 0 Å². The van der Waals surface area contributed by atoms with Crippen LogP contribution in [0, 0.1) is 5.41 Å². The highest BCUT2D eigenvalue weighted by Crippen LogP contribution is 2.25. The molecule has 1 aliphatic heterocycles. The summed E-state index contributed by atoms with van der Waals surface area (Å²) >= 11 is 0. The van der Waals surface area contributed by atoms with E-state index in [0.29, 0.717) is 13.1 Å². The molecule has 0 unspecified atom stereocenters. The monoisotopic (exact) mass is 379 g/mol. The van der Waals surface area contributed by atoms with Gasteiger partial charge in [-0.1, -0.05) is 68.4 Å². The van der Waals surface area contributed by atoms with E-state index in [1.807, 2.05) is 11.0 Å². The number of rotatable bonds is 6. The standard InChI is InChI=1S/C23H29N3O2/c1-23(2,22(24)28)16-21(27)26-14-12-25(13-15-26)17-19-10-6-7-11-20(19)18-8-4-3-5-9-18/h3-11H,12-17H2,1-2H3,(H2,24,28). The Kier molecular flexibility index (Phi) is 6.15. The first kappa shape index (κ1) is 20.1. The molecule has 1 heterocycles. The van der Waals surface area contributed by atoms with E-state index in [-0.39, 0.29) is 12.3 Å². The van der Waals surface area contributed by atoms with E-state index in [1.165, 1.54) is 16.7 Å². The quantitative estimate of drug-likeness (QED) is 0.839. The fraction of sp³-hybridized carbons (Fsp3) is 0.391. The molecule has 2 aromatic carbocycles. The summed E-state index contributed by atoms with van der Waals surface area (Å²) < 4.78 is 0. The molecular formula is C23H29N3O2. The van der Waals surface area contributed by atoms with Gasteiger partial charge in [0.15, 0.2) is 0 Å². The molecule has 0 aromatic heterocycles. The minimum atomic E-state index is -0.803. The van der Waals surface area contributed by atoms with E-state index >= 15 is 0 Å². The summed E-state index contributed by atoms with van der Waals surface area (Å²) in [6, 6.07) is 18.9. The Bertz CT molecular complexity index is 825. The zero-order valence-electron chi connectivity index (χ0n) is 16.7. The average molecular weight is 380 g/mol. The van der Waals surface area contributed by atoms with Crippen LogP contribution >= 0.6 is 0 Å². The number of hydrogen-bond acceptors (Lipinski definition) is 3. The Morgan fingerprint density at radius 2 is 1.54 bits per heavy atom. The molecule has 0 aliphatic carbocycles. The van der Waals surface area contributed by atoms with Crippen molar-refractivity contribution in [2.24, 2.45) is 11.1 Å². The summed E-state index contributed by atoms with van der Waals surface area (Å²) in [4.78, 5) is 28.2.